The van der Waals surface area contributed by atoms with Crippen LogP contribution in [0.15, 0.2) is 48.5 Å². The van der Waals surface area contributed by atoms with Gasteiger partial charge in [-0.2, -0.15) is 0 Å². The lowest BCUT2D eigenvalue weighted by molar-refractivity contribution is -0.0204. The Balaban J connectivity index is 1.01. The monoisotopic (exact) mass is 631 g/mol. The summed E-state index contributed by atoms with van der Waals surface area (Å²) < 4.78 is 44.0. The number of benzene rings is 2. The summed E-state index contributed by atoms with van der Waals surface area (Å²) in [7, 11) is 0. The van der Waals surface area contributed by atoms with Gasteiger partial charge in [-0.05, 0) is 28.7 Å². The van der Waals surface area contributed by atoms with Crippen molar-refractivity contribution in [3.63, 3.8) is 0 Å². The molecular formula is C35H53NO9. The first-order valence-electron chi connectivity index (χ1n) is 16.4. The lowest BCUT2D eigenvalue weighted by Crippen LogP contribution is -2.29. The summed E-state index contributed by atoms with van der Waals surface area (Å²) in [6, 6.07) is 16.5. The number of nitrogens with one attached hydrogen (secondary N) is 1. The normalized spacial score (nSPS) is 12.3. The zero-order chi connectivity index (χ0) is 31.6. The number of hydrogen-bond donors (Lipinski definition) is 1. The number of rotatable bonds is 28. The van der Waals surface area contributed by atoms with Crippen LogP contribution in [0.25, 0.3) is 11.1 Å². The van der Waals surface area contributed by atoms with Crippen molar-refractivity contribution < 1.29 is 42.7 Å². The summed E-state index contributed by atoms with van der Waals surface area (Å²) in [5.41, 5.74) is 4.80. The van der Waals surface area contributed by atoms with Gasteiger partial charge in [-0.25, -0.2) is 4.79 Å². The molecule has 0 atom stereocenters. The first kappa shape index (κ1) is 36.9. The standard InChI is InChI=1S/C35H53NO9/c1-2-3-4-9-15-38-17-19-40-21-23-42-25-27-44-28-26-43-24-22-41-20-18-39-16-14-36-35(37)45-29-34-32-12-7-5-10-30(32)31-11-6-8-13-33(31)34/h5-8,10-13,34H,2-4,9,14-29H2,1H3,(H,36,37). The first-order chi connectivity index (χ1) is 22.3. The van der Waals surface area contributed by atoms with Gasteiger partial charge in [-0.3, -0.25) is 0 Å². The molecule has 0 radical (unpaired) electrons. The largest absolute Gasteiger partial charge is 0.449 e. The van der Waals surface area contributed by atoms with Crippen LogP contribution in [0, 0.1) is 0 Å². The highest BCUT2D eigenvalue weighted by Crippen LogP contribution is 2.44. The summed E-state index contributed by atoms with van der Waals surface area (Å²) in [6.45, 7) is 10.3. The molecule has 2 aromatic carbocycles. The number of hydrogen-bond acceptors (Lipinski definition) is 9. The van der Waals surface area contributed by atoms with Crippen LogP contribution >= 0.6 is 0 Å². The van der Waals surface area contributed by atoms with Crippen molar-refractivity contribution in [3.8, 4) is 11.1 Å². The second kappa shape index (κ2) is 24.6. The van der Waals surface area contributed by atoms with E-state index in [1.807, 2.05) is 24.3 Å². The topological polar surface area (TPSA) is 103 Å². The van der Waals surface area contributed by atoms with E-state index in [4.69, 9.17) is 37.9 Å². The minimum Gasteiger partial charge on any atom is -0.449 e. The van der Waals surface area contributed by atoms with Crippen LogP contribution in [0.1, 0.15) is 49.7 Å². The van der Waals surface area contributed by atoms with E-state index >= 15 is 0 Å². The number of fused-ring (bicyclic) bond motifs is 3. The van der Waals surface area contributed by atoms with Crippen LogP contribution in [0.5, 0.6) is 0 Å². The second-order valence-corrected chi connectivity index (χ2v) is 10.6. The Hall–Kier alpha value is -2.57. The van der Waals surface area contributed by atoms with Crippen molar-refractivity contribution in [2.45, 2.75) is 38.5 Å². The Bertz CT molecular complexity index is 992. The van der Waals surface area contributed by atoms with E-state index in [9.17, 15) is 4.79 Å². The van der Waals surface area contributed by atoms with Gasteiger partial charge in [0.15, 0.2) is 0 Å². The van der Waals surface area contributed by atoms with Crippen LogP contribution in [-0.2, 0) is 37.9 Å². The van der Waals surface area contributed by atoms with E-state index in [0.29, 0.717) is 99.0 Å². The minimum absolute atomic E-state index is 0.0456. The number of unbranched alkanes of at least 4 members (excludes halogenated alkanes) is 3. The van der Waals surface area contributed by atoms with Crippen molar-refractivity contribution in [1.29, 1.82) is 0 Å². The SMILES string of the molecule is CCCCCCOCCOCCOCCOCCOCCOCCOCCNC(=O)OCC1c2ccccc2-c2ccccc21. The number of alkyl carbamates (subject to hydrolysis) is 1. The molecule has 1 aliphatic carbocycles. The van der Waals surface area contributed by atoms with E-state index in [-0.39, 0.29) is 5.92 Å². The Labute approximate surface area is 268 Å². The van der Waals surface area contributed by atoms with Gasteiger partial charge >= 0.3 is 6.09 Å². The smallest absolute Gasteiger partial charge is 0.407 e. The Morgan fingerprint density at radius 2 is 0.978 bits per heavy atom. The average molecular weight is 632 g/mol. The lowest BCUT2D eigenvalue weighted by atomic mass is 9.98. The zero-order valence-electron chi connectivity index (χ0n) is 27.0. The quantitative estimate of drug-likeness (QED) is 0.127. The van der Waals surface area contributed by atoms with Crippen LogP contribution in [0.3, 0.4) is 0 Å². The lowest BCUT2D eigenvalue weighted by Gasteiger charge is -2.14. The number of carbonyl (C=O) groups is 1. The Kier molecular flexibility index (Phi) is 20.2. The molecule has 0 fully saturated rings. The highest BCUT2D eigenvalue weighted by atomic mass is 16.6. The molecule has 10 heteroatoms. The predicted molar refractivity (Wildman–Crippen MR) is 173 cm³/mol. The number of amides is 1. The molecule has 0 spiro atoms. The van der Waals surface area contributed by atoms with Crippen molar-refractivity contribution in [2.75, 3.05) is 106 Å². The summed E-state index contributed by atoms with van der Waals surface area (Å²) in [6.07, 6.45) is 4.44. The van der Waals surface area contributed by atoms with Gasteiger partial charge in [0.2, 0.25) is 0 Å². The fourth-order valence-electron chi connectivity index (χ4n) is 4.93. The maximum Gasteiger partial charge on any atom is 0.407 e. The molecule has 45 heavy (non-hydrogen) atoms. The average Bonchev–Trinajstić information content (AvgIpc) is 3.39. The summed E-state index contributed by atoms with van der Waals surface area (Å²) in [5.74, 6) is 0.0456. The van der Waals surface area contributed by atoms with E-state index in [0.717, 1.165) is 13.0 Å². The van der Waals surface area contributed by atoms with Crippen molar-refractivity contribution in [2.24, 2.45) is 0 Å². The van der Waals surface area contributed by atoms with Gasteiger partial charge in [0.05, 0.1) is 85.9 Å². The van der Waals surface area contributed by atoms with Crippen LogP contribution < -0.4 is 5.32 Å². The van der Waals surface area contributed by atoms with Crippen LogP contribution in [-0.4, -0.2) is 112 Å². The maximum atomic E-state index is 12.2. The molecule has 3 rings (SSSR count). The van der Waals surface area contributed by atoms with E-state index < -0.39 is 6.09 Å². The Morgan fingerprint density at radius 3 is 1.44 bits per heavy atom. The van der Waals surface area contributed by atoms with Crippen molar-refractivity contribution in [3.05, 3.63) is 59.7 Å². The molecule has 10 nitrogen and oxygen atoms in total. The number of ether oxygens (including phenoxy) is 8. The molecule has 0 heterocycles. The molecule has 0 saturated heterocycles. The third kappa shape index (κ3) is 15.5. The fraction of sp³-hybridized carbons (Fsp3) is 0.629. The van der Waals surface area contributed by atoms with Crippen LogP contribution in [0.4, 0.5) is 4.79 Å². The second-order valence-electron chi connectivity index (χ2n) is 10.6. The summed E-state index contributed by atoms with van der Waals surface area (Å²) in [4.78, 5) is 12.2. The molecular weight excluding hydrogens is 578 g/mol. The van der Waals surface area contributed by atoms with E-state index in [1.165, 1.54) is 41.5 Å². The molecule has 0 aliphatic heterocycles. The molecule has 0 unspecified atom stereocenters. The molecule has 0 saturated carbocycles. The maximum absolute atomic E-state index is 12.2. The first-order valence-corrected chi connectivity index (χ1v) is 16.4. The Morgan fingerprint density at radius 1 is 0.556 bits per heavy atom. The van der Waals surface area contributed by atoms with Gasteiger partial charge in [-0.1, -0.05) is 74.7 Å². The molecule has 1 amide bonds. The van der Waals surface area contributed by atoms with Crippen LogP contribution in [0.2, 0.25) is 0 Å². The van der Waals surface area contributed by atoms with Gasteiger partial charge in [0.1, 0.15) is 6.61 Å². The molecule has 1 aliphatic rings. The minimum atomic E-state index is -0.444. The molecule has 252 valence electrons. The molecule has 2 aromatic rings. The molecule has 0 bridgehead atoms. The highest BCUT2D eigenvalue weighted by molar-refractivity contribution is 5.79. The third-order valence-electron chi connectivity index (χ3n) is 7.23. The summed E-state index contributed by atoms with van der Waals surface area (Å²) >= 11 is 0. The van der Waals surface area contributed by atoms with Gasteiger partial charge in [-0.15, -0.1) is 0 Å². The molecule has 1 N–H and O–H groups in total. The fourth-order valence-corrected chi connectivity index (χ4v) is 4.93. The summed E-state index contributed by atoms with van der Waals surface area (Å²) in [5, 5.41) is 2.74. The molecule has 0 aromatic heterocycles. The van der Waals surface area contributed by atoms with E-state index in [2.05, 4.69) is 36.5 Å². The third-order valence-corrected chi connectivity index (χ3v) is 7.23. The predicted octanol–water partition coefficient (Wildman–Crippen LogP) is 5.22. The van der Waals surface area contributed by atoms with Gasteiger partial charge in [0.25, 0.3) is 0 Å². The number of carbonyl (C=O) groups excluding carboxylic acids is 1. The van der Waals surface area contributed by atoms with Gasteiger partial charge < -0.3 is 43.2 Å². The van der Waals surface area contributed by atoms with Crippen molar-refractivity contribution >= 4 is 6.09 Å². The zero-order valence-corrected chi connectivity index (χ0v) is 27.0. The van der Waals surface area contributed by atoms with E-state index in [1.54, 1.807) is 0 Å². The van der Waals surface area contributed by atoms with Crippen molar-refractivity contribution in [1.82, 2.24) is 5.32 Å². The highest BCUT2D eigenvalue weighted by Gasteiger charge is 2.28. The van der Waals surface area contributed by atoms with Gasteiger partial charge in [0, 0.05) is 19.1 Å².